The lowest BCUT2D eigenvalue weighted by Gasteiger charge is -2.31. The number of hydrogen-bond acceptors (Lipinski definition) is 6. The molecule has 0 saturated heterocycles. The summed E-state index contributed by atoms with van der Waals surface area (Å²) >= 11 is 0. The van der Waals surface area contributed by atoms with Crippen molar-refractivity contribution in [1.82, 2.24) is 10.2 Å². The highest BCUT2D eigenvalue weighted by Gasteiger charge is 2.30. The van der Waals surface area contributed by atoms with Crippen molar-refractivity contribution in [2.24, 2.45) is 0 Å². The van der Waals surface area contributed by atoms with Crippen LogP contribution in [0.3, 0.4) is 0 Å². The van der Waals surface area contributed by atoms with Gasteiger partial charge in [0.2, 0.25) is 11.7 Å². The maximum Gasteiger partial charge on any atom is 0.311 e. The van der Waals surface area contributed by atoms with E-state index in [0.29, 0.717) is 12.1 Å². The molecule has 10 heteroatoms. The van der Waals surface area contributed by atoms with Crippen molar-refractivity contribution in [3.8, 4) is 11.5 Å². The van der Waals surface area contributed by atoms with E-state index in [4.69, 9.17) is 9.47 Å². The molecule has 0 aliphatic heterocycles. The maximum absolute atomic E-state index is 13.6. The molecule has 0 spiro atoms. The number of methoxy groups -OCH3 is 1. The van der Waals surface area contributed by atoms with E-state index in [9.17, 15) is 24.1 Å². The fourth-order valence-corrected chi connectivity index (χ4v) is 3.97. The molecule has 3 aromatic carbocycles. The van der Waals surface area contributed by atoms with Crippen molar-refractivity contribution in [2.75, 3.05) is 20.3 Å². The summed E-state index contributed by atoms with van der Waals surface area (Å²) in [4.78, 5) is 39.0. The molecule has 1 N–H and O–H groups in total. The highest BCUT2D eigenvalue weighted by molar-refractivity contribution is 5.88. The minimum atomic E-state index is -0.864. The van der Waals surface area contributed by atoms with Gasteiger partial charge in [-0.2, -0.15) is 0 Å². The van der Waals surface area contributed by atoms with Gasteiger partial charge in [-0.25, -0.2) is 4.39 Å². The number of benzene rings is 3. The largest absolute Gasteiger partial charge is 0.490 e. The van der Waals surface area contributed by atoms with Crippen LogP contribution in [0, 0.1) is 15.9 Å². The van der Waals surface area contributed by atoms with E-state index < -0.39 is 29.3 Å². The number of ether oxygens (including phenoxy) is 2. The number of carbonyl (C=O) groups excluding carboxylic acids is 2. The zero-order chi connectivity index (χ0) is 28.2. The Morgan fingerprint density at radius 3 is 2.41 bits per heavy atom. The highest BCUT2D eigenvalue weighted by Crippen LogP contribution is 2.30. The molecule has 0 saturated carbocycles. The molecule has 9 nitrogen and oxygen atoms in total. The fraction of sp³-hybridized carbons (Fsp3) is 0.310. The van der Waals surface area contributed by atoms with Gasteiger partial charge in [-0.05, 0) is 35.7 Å². The number of hydrogen-bond donors (Lipinski definition) is 1. The van der Waals surface area contributed by atoms with E-state index in [-0.39, 0.29) is 36.1 Å². The first-order chi connectivity index (χ1) is 18.8. The van der Waals surface area contributed by atoms with Crippen LogP contribution in [0.2, 0.25) is 0 Å². The Labute approximate surface area is 226 Å². The number of nitro benzene ring substituents is 1. The van der Waals surface area contributed by atoms with Crippen LogP contribution in [0.4, 0.5) is 10.1 Å². The third kappa shape index (κ3) is 8.53. The van der Waals surface area contributed by atoms with Crippen molar-refractivity contribution >= 4 is 17.5 Å². The first-order valence-electron chi connectivity index (χ1n) is 12.6. The third-order valence-corrected chi connectivity index (χ3v) is 6.08. The summed E-state index contributed by atoms with van der Waals surface area (Å²) in [7, 11) is 1.30. The van der Waals surface area contributed by atoms with Crippen LogP contribution < -0.4 is 14.8 Å². The maximum atomic E-state index is 13.6. The number of unbranched alkanes of at least 4 members (excludes halogenated alkanes) is 1. The van der Waals surface area contributed by atoms with E-state index in [1.54, 1.807) is 12.1 Å². The van der Waals surface area contributed by atoms with Crippen LogP contribution in [0.5, 0.6) is 11.5 Å². The van der Waals surface area contributed by atoms with E-state index in [1.165, 1.54) is 42.3 Å². The number of nitrogens with one attached hydrogen (secondary N) is 1. The minimum Gasteiger partial charge on any atom is -0.490 e. The highest BCUT2D eigenvalue weighted by atomic mass is 19.1. The second-order valence-electron chi connectivity index (χ2n) is 8.88. The van der Waals surface area contributed by atoms with Crippen LogP contribution in [-0.4, -0.2) is 47.9 Å². The molecule has 3 rings (SSSR count). The van der Waals surface area contributed by atoms with E-state index in [1.807, 2.05) is 37.3 Å². The Bertz CT molecular complexity index is 1250. The lowest BCUT2D eigenvalue weighted by Crippen LogP contribution is -2.51. The van der Waals surface area contributed by atoms with Gasteiger partial charge >= 0.3 is 5.69 Å². The fourth-order valence-electron chi connectivity index (χ4n) is 3.97. The third-order valence-electron chi connectivity index (χ3n) is 6.08. The van der Waals surface area contributed by atoms with Gasteiger partial charge in [0.25, 0.3) is 5.91 Å². The number of carbonyl (C=O) groups is 2. The van der Waals surface area contributed by atoms with Crippen molar-refractivity contribution in [1.29, 1.82) is 0 Å². The molecular weight excluding hydrogens is 505 g/mol. The summed E-state index contributed by atoms with van der Waals surface area (Å²) in [6, 6.07) is 18.1. The Balaban J connectivity index is 1.89. The van der Waals surface area contributed by atoms with Gasteiger partial charge in [-0.3, -0.25) is 19.7 Å². The lowest BCUT2D eigenvalue weighted by atomic mass is 10.0. The Kier molecular flexibility index (Phi) is 10.8. The van der Waals surface area contributed by atoms with Gasteiger partial charge in [-0.15, -0.1) is 0 Å². The van der Waals surface area contributed by atoms with Crippen LogP contribution >= 0.6 is 0 Å². The van der Waals surface area contributed by atoms with Crippen molar-refractivity contribution in [3.05, 3.63) is 99.9 Å². The predicted octanol–water partition coefficient (Wildman–Crippen LogP) is 4.68. The molecule has 1 atom stereocenters. The van der Waals surface area contributed by atoms with Crippen LogP contribution in [0.1, 0.15) is 30.9 Å². The molecule has 0 bridgehead atoms. The number of nitrogens with zero attached hydrogens (tertiary/aromatic N) is 2. The van der Waals surface area contributed by atoms with E-state index >= 15 is 0 Å². The molecule has 0 aliphatic rings. The van der Waals surface area contributed by atoms with Crippen LogP contribution in [-0.2, 0) is 22.6 Å². The summed E-state index contributed by atoms with van der Waals surface area (Å²) < 4.78 is 24.3. The summed E-state index contributed by atoms with van der Waals surface area (Å²) in [5, 5.41) is 14.1. The van der Waals surface area contributed by atoms with Gasteiger partial charge in [0.15, 0.2) is 6.61 Å². The lowest BCUT2D eigenvalue weighted by molar-refractivity contribution is -0.385. The topological polar surface area (TPSA) is 111 Å². The van der Waals surface area contributed by atoms with Crippen LogP contribution in [0.15, 0.2) is 72.8 Å². The standard InChI is InChI=1S/C29H32FN3O6/c1-3-4-16-31-29(35)26(17-21-8-6-5-7-9-21)32(19-22-10-12-23(30)13-11-22)28(34)20-39-24-14-15-25(33(36)37)27(18-24)38-2/h5-15,18,26H,3-4,16-17,19-20H2,1-2H3,(H,31,35)/t26-/m1/s1. The van der Waals surface area contributed by atoms with Crippen molar-refractivity contribution < 1.29 is 28.4 Å². The van der Waals surface area contributed by atoms with Gasteiger partial charge in [0, 0.05) is 31.6 Å². The minimum absolute atomic E-state index is 0.00891. The molecule has 0 aromatic heterocycles. The molecule has 0 aliphatic carbocycles. The predicted molar refractivity (Wildman–Crippen MR) is 144 cm³/mol. The molecule has 2 amide bonds. The Morgan fingerprint density at radius 1 is 1.05 bits per heavy atom. The summed E-state index contributed by atoms with van der Waals surface area (Å²) in [6.45, 7) is 2.10. The second kappa shape index (κ2) is 14.5. The number of rotatable bonds is 14. The molecule has 206 valence electrons. The smallest absolute Gasteiger partial charge is 0.311 e. The molecular formula is C29H32FN3O6. The Morgan fingerprint density at radius 2 is 1.77 bits per heavy atom. The molecule has 3 aromatic rings. The summed E-state index contributed by atoms with van der Waals surface area (Å²) in [5.41, 5.74) is 1.27. The number of nitro groups is 1. The van der Waals surface area contributed by atoms with Gasteiger partial charge in [-0.1, -0.05) is 55.8 Å². The van der Waals surface area contributed by atoms with E-state index in [2.05, 4.69) is 5.32 Å². The van der Waals surface area contributed by atoms with E-state index in [0.717, 1.165) is 18.4 Å². The number of amides is 2. The Hall–Kier alpha value is -4.47. The first-order valence-corrected chi connectivity index (χ1v) is 12.6. The molecule has 0 radical (unpaired) electrons. The van der Waals surface area contributed by atoms with Crippen molar-refractivity contribution in [3.63, 3.8) is 0 Å². The SMILES string of the molecule is CCCCNC(=O)[C@@H](Cc1ccccc1)N(Cc1ccc(F)cc1)C(=O)COc1ccc([N+](=O)[O-])c(OC)c1. The molecule has 0 fully saturated rings. The van der Waals surface area contributed by atoms with Crippen molar-refractivity contribution in [2.45, 2.75) is 38.8 Å². The molecule has 0 unspecified atom stereocenters. The summed E-state index contributed by atoms with van der Waals surface area (Å²) in [6.07, 6.45) is 1.95. The summed E-state index contributed by atoms with van der Waals surface area (Å²) in [5.74, 6) is -1.02. The second-order valence-corrected chi connectivity index (χ2v) is 8.88. The van der Waals surface area contributed by atoms with Gasteiger partial charge in [0.1, 0.15) is 17.6 Å². The number of halogens is 1. The van der Waals surface area contributed by atoms with Gasteiger partial charge < -0.3 is 19.7 Å². The first kappa shape index (κ1) is 29.1. The monoisotopic (exact) mass is 537 g/mol. The van der Waals surface area contributed by atoms with Gasteiger partial charge in [0.05, 0.1) is 12.0 Å². The normalized spacial score (nSPS) is 11.4. The zero-order valence-corrected chi connectivity index (χ0v) is 22.0. The average Bonchev–Trinajstić information content (AvgIpc) is 2.94. The quantitative estimate of drug-likeness (QED) is 0.182. The van der Waals surface area contributed by atoms with Crippen LogP contribution in [0.25, 0.3) is 0 Å². The molecule has 39 heavy (non-hydrogen) atoms. The zero-order valence-electron chi connectivity index (χ0n) is 22.0. The molecule has 0 heterocycles. The average molecular weight is 538 g/mol.